The number of aryl methyl sites for hydroxylation is 1. The van der Waals surface area contributed by atoms with E-state index in [-0.39, 0.29) is 5.75 Å². The van der Waals surface area contributed by atoms with Gasteiger partial charge in [-0.3, -0.25) is 0 Å². The molecule has 2 heterocycles. The summed E-state index contributed by atoms with van der Waals surface area (Å²) in [5.74, 6) is 1.49. The first-order chi connectivity index (χ1) is 14.7. The number of nitrogens with one attached hydrogen (secondary N) is 1. The molecule has 30 heavy (non-hydrogen) atoms. The van der Waals surface area contributed by atoms with Gasteiger partial charge in [-0.05, 0) is 48.7 Å². The molecule has 0 radical (unpaired) electrons. The fourth-order valence-electron chi connectivity index (χ4n) is 2.99. The third-order valence-corrected chi connectivity index (χ3v) is 5.40. The molecule has 0 aliphatic heterocycles. The Kier molecular flexibility index (Phi) is 6.20. The van der Waals surface area contributed by atoms with Crippen LogP contribution in [0.2, 0.25) is 0 Å². The van der Waals surface area contributed by atoms with Crippen LogP contribution in [0.15, 0.2) is 66.9 Å². The fourth-order valence-corrected chi connectivity index (χ4v) is 3.75. The zero-order valence-electron chi connectivity index (χ0n) is 16.6. The van der Waals surface area contributed by atoms with Gasteiger partial charge < -0.3 is 15.2 Å². The van der Waals surface area contributed by atoms with E-state index in [1.165, 1.54) is 11.3 Å². The molecule has 2 aromatic heterocycles. The fraction of sp³-hybridized carbons (Fsp3) is 0.174. The number of benzene rings is 2. The van der Waals surface area contributed by atoms with Crippen LogP contribution in [0.4, 0.5) is 10.8 Å². The van der Waals surface area contributed by atoms with Crippen molar-refractivity contribution in [2.75, 3.05) is 5.32 Å². The molecule has 0 fully saturated rings. The van der Waals surface area contributed by atoms with Gasteiger partial charge in [0.25, 0.3) is 0 Å². The molecule has 4 aromatic rings. The van der Waals surface area contributed by atoms with E-state index in [0.717, 1.165) is 36.1 Å². The number of aromatic nitrogens is 3. The van der Waals surface area contributed by atoms with Gasteiger partial charge in [-0.15, -0.1) is 10.2 Å². The van der Waals surface area contributed by atoms with Crippen LogP contribution in [0, 0.1) is 0 Å². The molecule has 0 unspecified atom stereocenters. The van der Waals surface area contributed by atoms with Crippen molar-refractivity contribution in [1.29, 1.82) is 0 Å². The third-order valence-electron chi connectivity index (χ3n) is 4.51. The van der Waals surface area contributed by atoms with E-state index in [2.05, 4.69) is 33.5 Å². The summed E-state index contributed by atoms with van der Waals surface area (Å²) in [6.45, 7) is 2.18. The first-order valence-corrected chi connectivity index (χ1v) is 10.7. The highest BCUT2D eigenvalue weighted by Gasteiger charge is 2.13. The summed E-state index contributed by atoms with van der Waals surface area (Å²) in [6.07, 6.45) is 4.90. The summed E-state index contributed by atoms with van der Waals surface area (Å²) in [5.41, 5.74) is 2.69. The number of unbranched alkanes of at least 4 members (excludes halogenated alkanes) is 1. The smallest absolute Gasteiger partial charge is 0.243 e. The van der Waals surface area contributed by atoms with Crippen LogP contribution < -0.4 is 10.1 Å². The number of hydrogen-bond acceptors (Lipinski definition) is 7. The first kappa shape index (κ1) is 19.8. The minimum Gasteiger partial charge on any atom is -0.508 e. The monoisotopic (exact) mass is 418 g/mol. The maximum Gasteiger partial charge on any atom is 0.243 e. The van der Waals surface area contributed by atoms with Gasteiger partial charge in [-0.25, -0.2) is 4.98 Å². The molecule has 0 aliphatic carbocycles. The van der Waals surface area contributed by atoms with Crippen LogP contribution >= 0.6 is 11.3 Å². The number of phenolic OH excluding ortho intramolecular Hbond substituents is 1. The van der Waals surface area contributed by atoms with Crippen LogP contribution in [-0.4, -0.2) is 20.3 Å². The van der Waals surface area contributed by atoms with Gasteiger partial charge >= 0.3 is 0 Å². The molecule has 0 bridgehead atoms. The lowest BCUT2D eigenvalue weighted by molar-refractivity contribution is 0.458. The Labute approximate surface area is 179 Å². The third kappa shape index (κ3) is 4.75. The number of aromatic hydroxyl groups is 1. The molecule has 2 aromatic carbocycles. The van der Waals surface area contributed by atoms with E-state index >= 15 is 0 Å². The molecule has 0 amide bonds. The lowest BCUT2D eigenvalue weighted by atomic mass is 10.1. The van der Waals surface area contributed by atoms with Gasteiger partial charge in [0.1, 0.15) is 22.2 Å². The second-order valence-electron chi connectivity index (χ2n) is 6.76. The molecule has 0 atom stereocenters. The summed E-state index contributed by atoms with van der Waals surface area (Å²) in [7, 11) is 0. The molecule has 6 nitrogen and oxygen atoms in total. The van der Waals surface area contributed by atoms with Crippen molar-refractivity contribution in [3.63, 3.8) is 0 Å². The SMILES string of the molecule is CCCCc1ccccc1Oc1ncccc1Nc1nnc(-c2cccc(O)c2)s1. The van der Waals surface area contributed by atoms with Crippen LogP contribution in [-0.2, 0) is 6.42 Å². The van der Waals surface area contributed by atoms with Gasteiger partial charge in [0.2, 0.25) is 11.0 Å². The van der Waals surface area contributed by atoms with E-state index in [1.807, 2.05) is 36.4 Å². The molecule has 2 N–H and O–H groups in total. The average molecular weight is 419 g/mol. The summed E-state index contributed by atoms with van der Waals surface area (Å²) in [4.78, 5) is 4.41. The molecule has 0 aliphatic rings. The van der Waals surface area contributed by atoms with Crippen molar-refractivity contribution in [3.05, 3.63) is 72.4 Å². The van der Waals surface area contributed by atoms with Crippen molar-refractivity contribution in [2.45, 2.75) is 26.2 Å². The number of hydrogen-bond donors (Lipinski definition) is 2. The predicted octanol–water partition coefficient (Wildman–Crippen LogP) is 6.18. The molecule has 7 heteroatoms. The van der Waals surface area contributed by atoms with E-state index in [4.69, 9.17) is 4.74 Å². The maximum atomic E-state index is 9.69. The zero-order chi connectivity index (χ0) is 20.8. The van der Waals surface area contributed by atoms with Crippen LogP contribution in [0.1, 0.15) is 25.3 Å². The van der Waals surface area contributed by atoms with E-state index < -0.39 is 0 Å². The van der Waals surface area contributed by atoms with E-state index in [0.29, 0.717) is 21.7 Å². The molecule has 0 saturated heterocycles. The summed E-state index contributed by atoms with van der Waals surface area (Å²) in [6, 6.07) is 18.7. The highest BCUT2D eigenvalue weighted by atomic mass is 32.1. The second-order valence-corrected chi connectivity index (χ2v) is 7.73. The van der Waals surface area contributed by atoms with Crippen molar-refractivity contribution in [1.82, 2.24) is 15.2 Å². The van der Waals surface area contributed by atoms with E-state index in [1.54, 1.807) is 24.4 Å². The number of rotatable bonds is 8. The summed E-state index contributed by atoms with van der Waals surface area (Å²) < 4.78 is 6.17. The molecule has 0 spiro atoms. The molecule has 4 rings (SSSR count). The Morgan fingerprint density at radius 2 is 1.93 bits per heavy atom. The minimum absolute atomic E-state index is 0.196. The first-order valence-electron chi connectivity index (χ1n) is 9.83. The zero-order valence-corrected chi connectivity index (χ0v) is 17.4. The van der Waals surface area contributed by atoms with Crippen molar-refractivity contribution in [2.24, 2.45) is 0 Å². The quantitative estimate of drug-likeness (QED) is 0.355. The van der Waals surface area contributed by atoms with Crippen LogP contribution in [0.3, 0.4) is 0 Å². The van der Waals surface area contributed by atoms with Gasteiger partial charge in [0.15, 0.2) is 0 Å². The number of nitrogens with zero attached hydrogens (tertiary/aromatic N) is 3. The Morgan fingerprint density at radius 3 is 2.80 bits per heavy atom. The van der Waals surface area contributed by atoms with Gasteiger partial charge in [0.05, 0.1) is 0 Å². The van der Waals surface area contributed by atoms with Gasteiger partial charge in [-0.1, -0.05) is 55.0 Å². The van der Waals surface area contributed by atoms with Crippen LogP contribution in [0.25, 0.3) is 10.6 Å². The maximum absolute atomic E-state index is 9.69. The second kappa shape index (κ2) is 9.37. The van der Waals surface area contributed by atoms with Crippen molar-refractivity contribution in [3.8, 4) is 28.0 Å². The number of ether oxygens (including phenoxy) is 1. The van der Waals surface area contributed by atoms with E-state index in [9.17, 15) is 5.11 Å². The highest BCUT2D eigenvalue weighted by Crippen LogP contribution is 2.34. The highest BCUT2D eigenvalue weighted by molar-refractivity contribution is 7.18. The van der Waals surface area contributed by atoms with Gasteiger partial charge in [0, 0.05) is 11.8 Å². The van der Waals surface area contributed by atoms with Gasteiger partial charge in [-0.2, -0.15) is 0 Å². The predicted molar refractivity (Wildman–Crippen MR) is 120 cm³/mol. The largest absolute Gasteiger partial charge is 0.508 e. The minimum atomic E-state index is 0.196. The summed E-state index contributed by atoms with van der Waals surface area (Å²) >= 11 is 1.39. The molecule has 0 saturated carbocycles. The molecule has 152 valence electrons. The number of anilines is 2. The number of phenols is 1. The number of para-hydroxylation sites is 1. The Morgan fingerprint density at radius 1 is 1.03 bits per heavy atom. The molecular weight excluding hydrogens is 396 g/mol. The van der Waals surface area contributed by atoms with Crippen LogP contribution in [0.5, 0.6) is 17.4 Å². The lowest BCUT2D eigenvalue weighted by Crippen LogP contribution is -1.98. The Bertz CT molecular complexity index is 1130. The summed E-state index contributed by atoms with van der Waals surface area (Å²) in [5, 5.41) is 22.7. The molecular formula is C23H22N4O2S. The lowest BCUT2D eigenvalue weighted by Gasteiger charge is -2.13. The van der Waals surface area contributed by atoms with Crippen molar-refractivity contribution >= 4 is 22.2 Å². The average Bonchev–Trinajstić information content (AvgIpc) is 3.23. The standard InChI is InChI=1S/C23H22N4O2S/c1-2-3-8-16-9-4-5-13-20(16)29-21-19(12-7-14-24-21)25-23-27-26-22(30-23)17-10-6-11-18(28)15-17/h4-7,9-15,28H,2-3,8H2,1H3,(H,25,27). The topological polar surface area (TPSA) is 80.2 Å². The number of pyridine rings is 1. The normalized spacial score (nSPS) is 10.7. The Balaban J connectivity index is 1.55. The Hall–Kier alpha value is -3.45. The van der Waals surface area contributed by atoms with Crippen molar-refractivity contribution < 1.29 is 9.84 Å².